The topological polar surface area (TPSA) is 29.3 Å². The molecule has 1 heterocycles. The number of hydrogen-bond donors (Lipinski definition) is 1. The highest BCUT2D eigenvalue weighted by Gasteiger charge is 2.33. The van der Waals surface area contributed by atoms with Gasteiger partial charge in [0.1, 0.15) is 0 Å². The van der Waals surface area contributed by atoms with Gasteiger partial charge in [0.25, 0.3) is 0 Å². The van der Waals surface area contributed by atoms with Crippen molar-refractivity contribution in [3.8, 4) is 0 Å². The predicted molar refractivity (Wildman–Crippen MR) is 57.5 cm³/mol. The van der Waals surface area contributed by atoms with Crippen LogP contribution in [-0.2, 0) is 0 Å². The van der Waals surface area contributed by atoms with Gasteiger partial charge in [0, 0.05) is 13.1 Å². The van der Waals surface area contributed by atoms with Crippen molar-refractivity contribution in [1.29, 1.82) is 0 Å². The lowest BCUT2D eigenvalue weighted by Gasteiger charge is -2.42. The van der Waals surface area contributed by atoms with Gasteiger partial charge in [0.15, 0.2) is 0 Å². The maximum Gasteiger partial charge on any atom is 0.000695 e. The monoisotopic (exact) mass is 184 g/mol. The van der Waals surface area contributed by atoms with Gasteiger partial charge in [-0.2, -0.15) is 0 Å². The van der Waals surface area contributed by atoms with E-state index in [1.54, 1.807) is 0 Å². The van der Waals surface area contributed by atoms with Crippen molar-refractivity contribution >= 4 is 0 Å². The summed E-state index contributed by atoms with van der Waals surface area (Å²) in [6, 6.07) is 0. The van der Waals surface area contributed by atoms with E-state index in [1.165, 1.54) is 13.1 Å². The van der Waals surface area contributed by atoms with Crippen LogP contribution in [0.4, 0.5) is 0 Å². The number of rotatable bonds is 2. The Bertz CT molecular complexity index is 146. The Morgan fingerprint density at radius 1 is 1.31 bits per heavy atom. The second-order valence-corrected chi connectivity index (χ2v) is 4.97. The molecule has 1 aliphatic rings. The van der Waals surface area contributed by atoms with Crippen molar-refractivity contribution in [3.63, 3.8) is 0 Å². The Balaban J connectivity index is 2.61. The summed E-state index contributed by atoms with van der Waals surface area (Å²) in [5, 5.41) is 0. The summed E-state index contributed by atoms with van der Waals surface area (Å²) in [5.41, 5.74) is 5.75. The molecule has 3 unspecified atom stereocenters. The lowest BCUT2D eigenvalue weighted by molar-refractivity contribution is 0.0643. The van der Waals surface area contributed by atoms with E-state index in [0.717, 1.165) is 24.3 Å². The summed E-state index contributed by atoms with van der Waals surface area (Å²) in [4.78, 5) is 2.44. The molecule has 78 valence electrons. The summed E-state index contributed by atoms with van der Waals surface area (Å²) >= 11 is 0. The van der Waals surface area contributed by atoms with Gasteiger partial charge in [0.05, 0.1) is 0 Å². The van der Waals surface area contributed by atoms with Crippen molar-refractivity contribution < 1.29 is 0 Å². The van der Waals surface area contributed by atoms with Gasteiger partial charge in [-0.15, -0.1) is 0 Å². The molecule has 1 fully saturated rings. The molecule has 0 aromatic carbocycles. The second kappa shape index (κ2) is 4.43. The van der Waals surface area contributed by atoms with Crippen LogP contribution in [-0.4, -0.2) is 31.6 Å². The molecule has 0 amide bonds. The highest BCUT2D eigenvalue weighted by molar-refractivity contribution is 4.84. The maximum absolute atomic E-state index is 5.75. The fourth-order valence-electron chi connectivity index (χ4n) is 3.14. The fourth-order valence-corrected chi connectivity index (χ4v) is 3.14. The summed E-state index contributed by atoms with van der Waals surface area (Å²) in [6.07, 6.45) is 0. The van der Waals surface area contributed by atoms with E-state index in [-0.39, 0.29) is 0 Å². The van der Waals surface area contributed by atoms with E-state index in [1.807, 2.05) is 0 Å². The molecule has 3 atom stereocenters. The molecule has 0 radical (unpaired) electrons. The standard InChI is InChI=1S/C11H24N2/c1-8(5-12)11-9(2)6-13(4)7-10(11)3/h8-11H,5-7,12H2,1-4H3. The predicted octanol–water partition coefficient (Wildman–Crippen LogP) is 1.42. The van der Waals surface area contributed by atoms with Crippen molar-refractivity contribution in [2.45, 2.75) is 20.8 Å². The Labute approximate surface area is 82.5 Å². The summed E-state index contributed by atoms with van der Waals surface area (Å²) < 4.78 is 0. The highest BCUT2D eigenvalue weighted by Crippen LogP contribution is 2.32. The van der Waals surface area contributed by atoms with E-state index < -0.39 is 0 Å². The van der Waals surface area contributed by atoms with Crippen LogP contribution in [0, 0.1) is 23.7 Å². The Hall–Kier alpha value is -0.0800. The molecule has 2 N–H and O–H groups in total. The maximum atomic E-state index is 5.75. The minimum atomic E-state index is 0.679. The first-order valence-corrected chi connectivity index (χ1v) is 5.44. The van der Waals surface area contributed by atoms with Gasteiger partial charge in [-0.05, 0) is 37.3 Å². The first-order valence-electron chi connectivity index (χ1n) is 5.44. The van der Waals surface area contributed by atoms with Crippen LogP contribution >= 0.6 is 0 Å². The van der Waals surface area contributed by atoms with E-state index in [0.29, 0.717) is 5.92 Å². The normalized spacial score (nSPS) is 39.0. The Morgan fingerprint density at radius 2 is 1.77 bits per heavy atom. The first kappa shape index (κ1) is 11.0. The SMILES string of the molecule is CC(CN)C1C(C)CN(C)CC1C. The molecule has 0 aromatic rings. The van der Waals surface area contributed by atoms with Crippen molar-refractivity contribution in [3.05, 3.63) is 0 Å². The molecule has 2 nitrogen and oxygen atoms in total. The number of hydrogen-bond acceptors (Lipinski definition) is 2. The lowest BCUT2D eigenvalue weighted by Crippen LogP contribution is -2.45. The number of piperidine rings is 1. The van der Waals surface area contributed by atoms with Crippen LogP contribution in [0.1, 0.15) is 20.8 Å². The lowest BCUT2D eigenvalue weighted by atomic mass is 9.72. The minimum Gasteiger partial charge on any atom is -0.330 e. The molecule has 1 saturated heterocycles. The number of likely N-dealkylation sites (tertiary alicyclic amines) is 1. The van der Waals surface area contributed by atoms with Gasteiger partial charge < -0.3 is 10.6 Å². The van der Waals surface area contributed by atoms with Crippen molar-refractivity contribution in [1.82, 2.24) is 4.90 Å². The highest BCUT2D eigenvalue weighted by atomic mass is 15.1. The zero-order valence-electron chi connectivity index (χ0n) is 9.46. The molecule has 0 spiro atoms. The average molecular weight is 184 g/mol. The smallest absolute Gasteiger partial charge is 0.000695 e. The zero-order valence-corrected chi connectivity index (χ0v) is 9.46. The first-order chi connectivity index (χ1) is 6.06. The molecular weight excluding hydrogens is 160 g/mol. The van der Waals surface area contributed by atoms with Crippen LogP contribution < -0.4 is 5.73 Å². The summed E-state index contributed by atoms with van der Waals surface area (Å²) in [6.45, 7) is 10.3. The summed E-state index contributed by atoms with van der Waals surface area (Å²) in [5.74, 6) is 3.10. The van der Waals surface area contributed by atoms with Crippen LogP contribution in [0.3, 0.4) is 0 Å². The quantitative estimate of drug-likeness (QED) is 0.703. The molecule has 0 bridgehead atoms. The average Bonchev–Trinajstić information content (AvgIpc) is 2.02. The molecule has 1 aliphatic heterocycles. The molecule has 13 heavy (non-hydrogen) atoms. The second-order valence-electron chi connectivity index (χ2n) is 4.97. The van der Waals surface area contributed by atoms with Gasteiger partial charge >= 0.3 is 0 Å². The van der Waals surface area contributed by atoms with Gasteiger partial charge in [-0.3, -0.25) is 0 Å². The van der Waals surface area contributed by atoms with Crippen LogP contribution in [0.5, 0.6) is 0 Å². The zero-order chi connectivity index (χ0) is 10.0. The minimum absolute atomic E-state index is 0.679. The van der Waals surface area contributed by atoms with Gasteiger partial charge in [0.2, 0.25) is 0 Å². The molecule has 0 aromatic heterocycles. The third kappa shape index (κ3) is 2.44. The largest absolute Gasteiger partial charge is 0.330 e. The molecule has 1 rings (SSSR count). The third-order valence-corrected chi connectivity index (χ3v) is 3.54. The van der Waals surface area contributed by atoms with Gasteiger partial charge in [-0.25, -0.2) is 0 Å². The third-order valence-electron chi connectivity index (χ3n) is 3.54. The Morgan fingerprint density at radius 3 is 2.15 bits per heavy atom. The van der Waals surface area contributed by atoms with E-state index in [4.69, 9.17) is 5.73 Å². The summed E-state index contributed by atoms with van der Waals surface area (Å²) in [7, 11) is 2.22. The van der Waals surface area contributed by atoms with Crippen molar-refractivity contribution in [2.24, 2.45) is 29.4 Å². The Kier molecular flexibility index (Phi) is 3.74. The van der Waals surface area contributed by atoms with Crippen molar-refractivity contribution in [2.75, 3.05) is 26.7 Å². The molecular formula is C11H24N2. The molecule has 2 heteroatoms. The fraction of sp³-hybridized carbons (Fsp3) is 1.00. The van der Waals surface area contributed by atoms with E-state index in [9.17, 15) is 0 Å². The van der Waals surface area contributed by atoms with Crippen LogP contribution in [0.25, 0.3) is 0 Å². The van der Waals surface area contributed by atoms with Crippen LogP contribution in [0.15, 0.2) is 0 Å². The number of nitrogens with two attached hydrogens (primary N) is 1. The van der Waals surface area contributed by atoms with Crippen LogP contribution in [0.2, 0.25) is 0 Å². The van der Waals surface area contributed by atoms with E-state index in [2.05, 4.69) is 32.7 Å². The molecule has 0 saturated carbocycles. The number of nitrogens with zero attached hydrogens (tertiary/aromatic N) is 1. The van der Waals surface area contributed by atoms with E-state index >= 15 is 0 Å². The van der Waals surface area contributed by atoms with Gasteiger partial charge in [-0.1, -0.05) is 20.8 Å². The molecule has 0 aliphatic carbocycles.